The molecule has 0 aliphatic rings. The molecule has 0 unspecified atom stereocenters. The summed E-state index contributed by atoms with van der Waals surface area (Å²) in [6.45, 7) is 9.69. The van der Waals surface area contributed by atoms with Gasteiger partial charge in [0.2, 0.25) is 11.3 Å². The lowest BCUT2D eigenvalue weighted by Gasteiger charge is -2.22. The molecule has 0 radical (unpaired) electrons. The zero-order valence-electron chi connectivity index (χ0n) is 16.6. The lowest BCUT2D eigenvalue weighted by molar-refractivity contribution is -0.123. The first-order valence-electron chi connectivity index (χ1n) is 8.61. The van der Waals surface area contributed by atoms with E-state index in [4.69, 9.17) is 4.74 Å². The molecule has 2 aromatic heterocycles. The van der Waals surface area contributed by atoms with Crippen molar-refractivity contribution in [2.45, 2.75) is 57.6 Å². The second-order valence-corrected chi connectivity index (χ2v) is 8.29. The van der Waals surface area contributed by atoms with E-state index in [2.05, 4.69) is 15.3 Å². The summed E-state index contributed by atoms with van der Waals surface area (Å²) in [4.78, 5) is 33.3. The highest BCUT2D eigenvalue weighted by atomic mass is 32.2. The minimum atomic E-state index is -0.331. The zero-order valence-corrected chi connectivity index (χ0v) is 17.4. The number of ether oxygens (including phenoxy) is 1. The molecule has 1 N–H and O–H groups in total. The number of rotatable bonds is 6. The van der Waals surface area contributed by atoms with Gasteiger partial charge in [-0.15, -0.1) is 0 Å². The smallest absolute Gasteiger partial charge is 0.240 e. The fourth-order valence-electron chi connectivity index (χ4n) is 2.53. The molecule has 2 heterocycles. The third-order valence-electron chi connectivity index (χ3n) is 3.54. The molecule has 0 fully saturated rings. The van der Waals surface area contributed by atoms with Crippen molar-refractivity contribution >= 4 is 17.7 Å². The van der Waals surface area contributed by atoms with Crippen molar-refractivity contribution in [3.8, 4) is 5.75 Å². The SMILES string of the molecule is COc1cn(CC(=O)NC(C)(C)C)c(CSc2nc(C)cc(C)n2)cc1=O. The summed E-state index contributed by atoms with van der Waals surface area (Å²) in [5.74, 6) is 0.530. The van der Waals surface area contributed by atoms with Crippen LogP contribution in [0.1, 0.15) is 37.9 Å². The van der Waals surface area contributed by atoms with Crippen LogP contribution in [0, 0.1) is 13.8 Å². The van der Waals surface area contributed by atoms with Crippen LogP contribution < -0.4 is 15.5 Å². The van der Waals surface area contributed by atoms with E-state index in [1.54, 1.807) is 10.8 Å². The number of pyridine rings is 1. The highest BCUT2D eigenvalue weighted by Crippen LogP contribution is 2.20. The number of thioether (sulfide) groups is 1. The van der Waals surface area contributed by atoms with Crippen molar-refractivity contribution in [3.05, 3.63) is 45.6 Å². The molecule has 8 heteroatoms. The molecule has 0 saturated heterocycles. The van der Waals surface area contributed by atoms with Gasteiger partial charge in [0, 0.05) is 34.4 Å². The Morgan fingerprint density at radius 2 is 1.85 bits per heavy atom. The fraction of sp³-hybridized carbons (Fsp3) is 0.474. The Kier molecular flexibility index (Phi) is 6.64. The highest BCUT2D eigenvalue weighted by Gasteiger charge is 2.16. The molecule has 0 saturated carbocycles. The van der Waals surface area contributed by atoms with Crippen LogP contribution in [0.4, 0.5) is 0 Å². The van der Waals surface area contributed by atoms with E-state index in [1.807, 2.05) is 40.7 Å². The number of hydrogen-bond donors (Lipinski definition) is 1. The number of carbonyl (C=O) groups is 1. The van der Waals surface area contributed by atoms with E-state index in [0.717, 1.165) is 11.4 Å². The average Bonchev–Trinajstić information content (AvgIpc) is 2.52. The maximum atomic E-state index is 12.3. The molecule has 2 rings (SSSR count). The van der Waals surface area contributed by atoms with Crippen LogP contribution >= 0.6 is 11.8 Å². The van der Waals surface area contributed by atoms with Gasteiger partial charge in [0.25, 0.3) is 0 Å². The van der Waals surface area contributed by atoms with E-state index in [-0.39, 0.29) is 29.2 Å². The normalized spacial score (nSPS) is 11.3. The molecular weight excluding hydrogens is 364 g/mol. The van der Waals surface area contributed by atoms with Crippen LogP contribution in [0.25, 0.3) is 0 Å². The van der Waals surface area contributed by atoms with Crippen molar-refractivity contribution in [2.24, 2.45) is 0 Å². The second-order valence-electron chi connectivity index (χ2n) is 7.35. The summed E-state index contributed by atoms with van der Waals surface area (Å²) >= 11 is 1.42. The fourth-order valence-corrected chi connectivity index (χ4v) is 3.47. The standard InChI is InChI=1S/C19H26N4O3S/c1-12-7-13(2)21-18(20-12)27-11-14-8-15(24)16(26-6)9-23(14)10-17(25)22-19(3,4)5/h7-9H,10-11H2,1-6H3,(H,22,25). The summed E-state index contributed by atoms with van der Waals surface area (Å²) in [6, 6.07) is 3.41. The molecule has 2 aromatic rings. The van der Waals surface area contributed by atoms with Crippen molar-refractivity contribution < 1.29 is 9.53 Å². The number of amides is 1. The van der Waals surface area contributed by atoms with E-state index in [0.29, 0.717) is 16.6 Å². The van der Waals surface area contributed by atoms with E-state index in [1.165, 1.54) is 24.9 Å². The van der Waals surface area contributed by atoms with Crippen LogP contribution in [-0.4, -0.2) is 33.1 Å². The number of hydrogen-bond acceptors (Lipinski definition) is 6. The number of nitrogens with zero attached hydrogens (tertiary/aromatic N) is 3. The van der Waals surface area contributed by atoms with Gasteiger partial charge in [-0.05, 0) is 40.7 Å². The van der Waals surface area contributed by atoms with Gasteiger partial charge in [0.05, 0.1) is 13.3 Å². The molecule has 27 heavy (non-hydrogen) atoms. The van der Waals surface area contributed by atoms with E-state index in [9.17, 15) is 9.59 Å². The van der Waals surface area contributed by atoms with Gasteiger partial charge >= 0.3 is 0 Å². The number of aryl methyl sites for hydroxylation is 2. The first-order valence-corrected chi connectivity index (χ1v) is 9.59. The van der Waals surface area contributed by atoms with Crippen LogP contribution in [0.2, 0.25) is 0 Å². The summed E-state index contributed by atoms with van der Waals surface area (Å²) < 4.78 is 6.85. The molecule has 1 amide bonds. The molecule has 146 valence electrons. The van der Waals surface area contributed by atoms with Crippen molar-refractivity contribution in [1.29, 1.82) is 0 Å². The molecule has 0 atom stereocenters. The molecular formula is C19H26N4O3S. The Bertz CT molecular complexity index is 867. The number of aromatic nitrogens is 3. The third-order valence-corrected chi connectivity index (χ3v) is 4.42. The number of nitrogens with one attached hydrogen (secondary N) is 1. The van der Waals surface area contributed by atoms with Crippen LogP contribution in [-0.2, 0) is 17.1 Å². The van der Waals surface area contributed by atoms with Crippen LogP contribution in [0.15, 0.2) is 28.3 Å². The van der Waals surface area contributed by atoms with Gasteiger partial charge < -0.3 is 14.6 Å². The first kappa shape index (κ1) is 21.0. The van der Waals surface area contributed by atoms with Crippen LogP contribution in [0.5, 0.6) is 5.75 Å². The van der Waals surface area contributed by atoms with Gasteiger partial charge in [-0.25, -0.2) is 9.97 Å². The summed E-state index contributed by atoms with van der Waals surface area (Å²) in [5, 5.41) is 3.57. The predicted octanol–water partition coefficient (Wildman–Crippen LogP) is 2.47. The monoisotopic (exact) mass is 390 g/mol. The van der Waals surface area contributed by atoms with E-state index >= 15 is 0 Å². The minimum absolute atomic E-state index is 0.0947. The first-order chi connectivity index (χ1) is 12.6. The van der Waals surface area contributed by atoms with Gasteiger partial charge in [-0.2, -0.15) is 0 Å². The molecule has 0 aliphatic carbocycles. The molecule has 0 spiro atoms. The van der Waals surface area contributed by atoms with Gasteiger partial charge in [-0.3, -0.25) is 9.59 Å². The highest BCUT2D eigenvalue weighted by molar-refractivity contribution is 7.98. The largest absolute Gasteiger partial charge is 0.491 e. The van der Waals surface area contributed by atoms with Gasteiger partial charge in [0.1, 0.15) is 6.54 Å². The average molecular weight is 391 g/mol. The lowest BCUT2D eigenvalue weighted by Crippen LogP contribution is -2.42. The summed E-state index contributed by atoms with van der Waals surface area (Å²) in [5.41, 5.74) is 1.94. The summed E-state index contributed by atoms with van der Waals surface area (Å²) in [6.07, 6.45) is 1.57. The number of methoxy groups -OCH3 is 1. The lowest BCUT2D eigenvalue weighted by atomic mass is 10.1. The predicted molar refractivity (Wildman–Crippen MR) is 106 cm³/mol. The Hall–Kier alpha value is -2.35. The Morgan fingerprint density at radius 3 is 2.41 bits per heavy atom. The Balaban J connectivity index is 2.26. The van der Waals surface area contributed by atoms with Gasteiger partial charge in [0.15, 0.2) is 10.9 Å². The van der Waals surface area contributed by atoms with Crippen LogP contribution in [0.3, 0.4) is 0 Å². The molecule has 0 aromatic carbocycles. The minimum Gasteiger partial charge on any atom is -0.491 e. The van der Waals surface area contributed by atoms with Crippen molar-refractivity contribution in [1.82, 2.24) is 19.9 Å². The molecule has 0 bridgehead atoms. The molecule has 7 nitrogen and oxygen atoms in total. The van der Waals surface area contributed by atoms with Crippen molar-refractivity contribution in [3.63, 3.8) is 0 Å². The van der Waals surface area contributed by atoms with Crippen molar-refractivity contribution in [2.75, 3.05) is 7.11 Å². The second kappa shape index (κ2) is 8.56. The Morgan fingerprint density at radius 1 is 1.22 bits per heavy atom. The third kappa shape index (κ3) is 6.39. The van der Waals surface area contributed by atoms with Gasteiger partial charge in [-0.1, -0.05) is 11.8 Å². The topological polar surface area (TPSA) is 86.1 Å². The maximum absolute atomic E-state index is 12.3. The summed E-state index contributed by atoms with van der Waals surface area (Å²) in [7, 11) is 1.44. The number of carbonyl (C=O) groups excluding carboxylic acids is 1. The zero-order chi connectivity index (χ0) is 20.2. The van der Waals surface area contributed by atoms with E-state index < -0.39 is 0 Å². The Labute approximate surface area is 163 Å². The molecule has 0 aliphatic heterocycles. The quantitative estimate of drug-likeness (QED) is 0.602. The maximum Gasteiger partial charge on any atom is 0.240 e.